The molecule has 0 unspecified atom stereocenters. The zero-order chi connectivity index (χ0) is 8.43. The summed E-state index contributed by atoms with van der Waals surface area (Å²) in [7, 11) is 0. The fourth-order valence-corrected chi connectivity index (χ4v) is 0.636. The smallest absolute Gasteiger partial charge is 0.153 e. The molecule has 0 aliphatic heterocycles. The summed E-state index contributed by atoms with van der Waals surface area (Å²) in [6.07, 6.45) is -0.156. The maximum atomic E-state index is 12.4. The number of carbonyl (C=O) groups is 1. The number of pyridine rings is 1. The van der Waals surface area contributed by atoms with Gasteiger partial charge >= 0.3 is 0 Å². The predicted molar refractivity (Wildman–Crippen MR) is 34.6 cm³/mol. The lowest BCUT2D eigenvalue weighted by molar-refractivity contribution is 0.112. The third-order valence-corrected chi connectivity index (χ3v) is 1.22. The van der Waals surface area contributed by atoms with Crippen molar-refractivity contribution >= 4 is 17.9 Å². The summed E-state index contributed by atoms with van der Waals surface area (Å²) in [4.78, 5) is 13.7. The molecule has 0 radical (unpaired) electrons. The van der Waals surface area contributed by atoms with Gasteiger partial charge in [0.2, 0.25) is 0 Å². The van der Waals surface area contributed by atoms with Crippen LogP contribution in [0.15, 0.2) is 12.3 Å². The Balaban J connectivity index is 3.23. The molecule has 10 heavy (non-hydrogen) atoms. The molecule has 0 N–H and O–H groups in total. The van der Waals surface area contributed by atoms with Gasteiger partial charge in [-0.1, -0.05) is 11.6 Å². The van der Waals surface area contributed by atoms with E-state index in [-0.39, 0.29) is 10.7 Å². The molecule has 0 fully saturated rings. The number of aldehydes is 1. The lowest BCUT2D eigenvalue weighted by Gasteiger charge is -1.92. The van der Waals surface area contributed by atoms with E-state index in [9.17, 15) is 9.18 Å². The minimum Gasteiger partial charge on any atom is -0.298 e. The lowest BCUT2D eigenvalue weighted by Crippen LogP contribution is -1.87. The number of carbonyl (C=O) groups excluding carboxylic acids is 1. The molecule has 0 spiro atoms. The first-order chi connectivity index (χ1) is 5.11. The van der Waals surface area contributed by atoms with Gasteiger partial charge in [-0.25, -0.2) is 9.37 Å². The zero-order valence-electron chi connectivity index (χ0n) is 5.77. The lowest BCUT2D eigenvalue weighted by atomic mass is 10.3. The minimum absolute atomic E-state index is 0.147. The van der Waals surface area contributed by atoms with Gasteiger partial charge in [-0.2, -0.15) is 0 Å². The molecule has 1 aromatic rings. The average Bonchev–Trinajstić information content (AvgIpc) is 1.94. The molecular weight excluding hydrogens is 157 g/mol. The second-order valence-corrected chi connectivity index (χ2v) is 1.95. The molecule has 0 aromatic carbocycles. The van der Waals surface area contributed by atoms with Gasteiger partial charge in [0.05, 0.1) is 11.8 Å². The molecule has 1 rings (SSSR count). The Labute approximate surface area is 63.1 Å². The van der Waals surface area contributed by atoms with E-state index in [1.54, 1.807) is 0 Å². The van der Waals surface area contributed by atoms with E-state index >= 15 is 0 Å². The largest absolute Gasteiger partial charge is 0.298 e. The van der Waals surface area contributed by atoms with Crippen molar-refractivity contribution in [3.05, 3.63) is 28.8 Å². The van der Waals surface area contributed by atoms with Gasteiger partial charge < -0.3 is 0 Å². The predicted octanol–water partition coefficient (Wildman–Crippen LogP) is 1.69. The van der Waals surface area contributed by atoms with Crippen LogP contribution < -0.4 is 0 Å². The van der Waals surface area contributed by atoms with Gasteiger partial charge in [-0.15, -0.1) is 0 Å². The van der Waals surface area contributed by atoms with E-state index in [4.69, 9.17) is 13.0 Å². The maximum Gasteiger partial charge on any atom is 0.153 e. The number of hydrogen-bond donors (Lipinski definition) is 0. The second-order valence-electron chi connectivity index (χ2n) is 1.59. The summed E-state index contributed by atoms with van der Waals surface area (Å²) >= 11 is 5.37. The molecule has 0 aliphatic rings. The van der Waals surface area contributed by atoms with Gasteiger partial charge in [0.25, 0.3) is 0 Å². The first-order valence-corrected chi connectivity index (χ1v) is 2.81. The van der Waals surface area contributed by atoms with Gasteiger partial charge in [0, 0.05) is 0 Å². The molecule has 0 atom stereocenters. The summed E-state index contributed by atoms with van der Waals surface area (Å²) in [5.41, 5.74) is -0.216. The topological polar surface area (TPSA) is 30.0 Å². The van der Waals surface area contributed by atoms with Crippen molar-refractivity contribution in [1.82, 2.24) is 4.98 Å². The Morgan fingerprint density at radius 1 is 1.90 bits per heavy atom. The van der Waals surface area contributed by atoms with Crippen LogP contribution in [0, 0.1) is 5.82 Å². The molecule has 0 aliphatic carbocycles. The molecule has 2 nitrogen and oxygen atoms in total. The van der Waals surface area contributed by atoms with E-state index in [2.05, 4.69) is 4.98 Å². The number of halogens is 2. The van der Waals surface area contributed by atoms with Gasteiger partial charge in [-0.3, -0.25) is 4.79 Å². The first-order valence-electron chi connectivity index (χ1n) is 2.93. The third kappa shape index (κ3) is 1.30. The Kier molecular flexibility index (Phi) is 1.59. The Hall–Kier alpha value is -0.960. The molecule has 1 heterocycles. The molecule has 52 valence electrons. The van der Waals surface area contributed by atoms with Crippen LogP contribution in [0.4, 0.5) is 4.39 Å². The van der Waals surface area contributed by atoms with E-state index in [1.165, 1.54) is 0 Å². The van der Waals surface area contributed by atoms with Gasteiger partial charge in [0.1, 0.15) is 12.3 Å². The summed E-state index contributed by atoms with van der Waals surface area (Å²) < 4.78 is 19.0. The van der Waals surface area contributed by atoms with Crippen LogP contribution in [-0.2, 0) is 0 Å². The van der Waals surface area contributed by atoms with Crippen molar-refractivity contribution in [2.45, 2.75) is 0 Å². The standard InChI is InChI=1S/C6H3ClFNO/c7-6-4(3-10)1-5(8)2-9-6/h1-3H/i3D. The van der Waals surface area contributed by atoms with Crippen molar-refractivity contribution in [2.75, 3.05) is 0 Å². The Morgan fingerprint density at radius 3 is 3.10 bits per heavy atom. The van der Waals surface area contributed by atoms with Crippen molar-refractivity contribution in [2.24, 2.45) is 0 Å². The highest BCUT2D eigenvalue weighted by Crippen LogP contribution is 2.10. The highest BCUT2D eigenvalue weighted by Gasteiger charge is 2.00. The maximum absolute atomic E-state index is 12.4. The minimum atomic E-state index is -1.04. The first kappa shape index (κ1) is 5.80. The normalized spacial score (nSPS) is 10.8. The molecule has 0 saturated heterocycles. The molecular formula is C6H3ClFNO. The second kappa shape index (κ2) is 2.75. The van der Waals surface area contributed by atoms with Crippen LogP contribution in [0.3, 0.4) is 0 Å². The van der Waals surface area contributed by atoms with Crippen molar-refractivity contribution in [3.8, 4) is 0 Å². The molecule has 0 saturated carbocycles. The quantitative estimate of drug-likeness (QED) is 0.462. The van der Waals surface area contributed by atoms with Gasteiger partial charge in [-0.05, 0) is 6.07 Å². The molecule has 0 amide bonds. The van der Waals surface area contributed by atoms with Crippen LogP contribution in [0.1, 0.15) is 11.7 Å². The third-order valence-electron chi connectivity index (χ3n) is 0.916. The van der Waals surface area contributed by atoms with Crippen LogP contribution in [0.5, 0.6) is 0 Å². The van der Waals surface area contributed by atoms with Crippen LogP contribution >= 0.6 is 11.6 Å². The van der Waals surface area contributed by atoms with E-state index in [1.807, 2.05) is 0 Å². The van der Waals surface area contributed by atoms with Crippen LogP contribution in [-0.4, -0.2) is 11.2 Å². The number of rotatable bonds is 1. The highest BCUT2D eigenvalue weighted by molar-refractivity contribution is 6.31. The monoisotopic (exact) mass is 160 g/mol. The fraction of sp³-hybridized carbons (Fsp3) is 0. The molecule has 0 bridgehead atoms. The van der Waals surface area contributed by atoms with E-state index in [0.717, 1.165) is 12.3 Å². The molecule has 4 heteroatoms. The fourth-order valence-electron chi connectivity index (χ4n) is 0.494. The van der Waals surface area contributed by atoms with Crippen molar-refractivity contribution in [3.63, 3.8) is 0 Å². The van der Waals surface area contributed by atoms with Crippen molar-refractivity contribution in [1.29, 1.82) is 0 Å². The summed E-state index contributed by atoms with van der Waals surface area (Å²) in [6.45, 7) is 0. The highest BCUT2D eigenvalue weighted by atomic mass is 35.5. The number of hydrogen-bond acceptors (Lipinski definition) is 2. The number of nitrogens with zero attached hydrogens (tertiary/aromatic N) is 1. The van der Waals surface area contributed by atoms with Gasteiger partial charge in [0.15, 0.2) is 6.26 Å². The van der Waals surface area contributed by atoms with Crippen LogP contribution in [0.25, 0.3) is 0 Å². The summed E-state index contributed by atoms with van der Waals surface area (Å²) in [5, 5.41) is -0.147. The summed E-state index contributed by atoms with van der Waals surface area (Å²) in [5.74, 6) is -0.676. The summed E-state index contributed by atoms with van der Waals surface area (Å²) in [6, 6.07) is 0.880. The number of aromatic nitrogens is 1. The van der Waals surface area contributed by atoms with E-state index < -0.39 is 12.1 Å². The molecule has 1 aromatic heterocycles. The Morgan fingerprint density at radius 2 is 2.60 bits per heavy atom. The SMILES string of the molecule is [2H]C(=O)c1cc(F)cnc1Cl. The Bertz CT molecular complexity index is 305. The van der Waals surface area contributed by atoms with E-state index in [0.29, 0.717) is 0 Å². The average molecular weight is 161 g/mol. The van der Waals surface area contributed by atoms with Crippen LogP contribution in [0.2, 0.25) is 5.15 Å². The van der Waals surface area contributed by atoms with Crippen molar-refractivity contribution < 1.29 is 10.6 Å². The zero-order valence-corrected chi connectivity index (χ0v) is 5.52.